The summed E-state index contributed by atoms with van der Waals surface area (Å²) in [7, 11) is 0. The summed E-state index contributed by atoms with van der Waals surface area (Å²) >= 11 is 0. The molecule has 0 rings (SSSR count). The standard InChI is InChI=1S/C22H44O3/c1-3-5-6-7-8-9-10-11-12-13-14-15-16-17-18-19-20-25-22(24)21(23)4-2/h21,23H,3-20H2,1-2H3. The van der Waals surface area contributed by atoms with Gasteiger partial charge in [0.1, 0.15) is 0 Å². The van der Waals surface area contributed by atoms with Crippen LogP contribution < -0.4 is 0 Å². The van der Waals surface area contributed by atoms with E-state index in [1.807, 2.05) is 0 Å². The normalized spacial score (nSPS) is 12.3. The van der Waals surface area contributed by atoms with Crippen LogP contribution >= 0.6 is 0 Å². The van der Waals surface area contributed by atoms with Crippen molar-refractivity contribution in [2.24, 2.45) is 0 Å². The molecule has 0 bridgehead atoms. The number of unbranched alkanes of at least 4 members (excludes halogenated alkanes) is 15. The topological polar surface area (TPSA) is 46.5 Å². The van der Waals surface area contributed by atoms with Gasteiger partial charge in [-0.3, -0.25) is 0 Å². The minimum atomic E-state index is -0.943. The van der Waals surface area contributed by atoms with Crippen LogP contribution in [-0.4, -0.2) is 23.8 Å². The molecule has 0 amide bonds. The monoisotopic (exact) mass is 356 g/mol. The van der Waals surface area contributed by atoms with Crippen LogP contribution in [0.5, 0.6) is 0 Å². The summed E-state index contributed by atoms with van der Waals surface area (Å²) in [6.07, 6.45) is 20.9. The lowest BCUT2D eigenvalue weighted by molar-refractivity contribution is -0.153. The summed E-state index contributed by atoms with van der Waals surface area (Å²) in [5, 5.41) is 9.29. The van der Waals surface area contributed by atoms with Crippen LogP contribution in [0.15, 0.2) is 0 Å². The Morgan fingerprint density at radius 2 is 1.04 bits per heavy atom. The van der Waals surface area contributed by atoms with Crippen LogP contribution in [0, 0.1) is 0 Å². The van der Waals surface area contributed by atoms with Gasteiger partial charge >= 0.3 is 5.97 Å². The van der Waals surface area contributed by atoms with E-state index >= 15 is 0 Å². The van der Waals surface area contributed by atoms with Crippen LogP contribution in [-0.2, 0) is 9.53 Å². The molecule has 0 spiro atoms. The first-order valence-corrected chi connectivity index (χ1v) is 11.1. The van der Waals surface area contributed by atoms with E-state index in [-0.39, 0.29) is 0 Å². The van der Waals surface area contributed by atoms with Gasteiger partial charge in [-0.05, 0) is 12.8 Å². The molecule has 0 aromatic heterocycles. The largest absolute Gasteiger partial charge is 0.464 e. The van der Waals surface area contributed by atoms with Gasteiger partial charge < -0.3 is 9.84 Å². The molecule has 1 unspecified atom stereocenters. The van der Waals surface area contributed by atoms with Crippen molar-refractivity contribution in [3.05, 3.63) is 0 Å². The molecule has 0 fully saturated rings. The average Bonchev–Trinajstić information content (AvgIpc) is 2.63. The molecule has 0 aromatic carbocycles. The van der Waals surface area contributed by atoms with Crippen molar-refractivity contribution in [3.8, 4) is 0 Å². The maximum atomic E-state index is 11.3. The highest BCUT2D eigenvalue weighted by Crippen LogP contribution is 2.13. The Morgan fingerprint density at radius 1 is 0.680 bits per heavy atom. The zero-order valence-electron chi connectivity index (χ0n) is 17.1. The Hall–Kier alpha value is -0.570. The van der Waals surface area contributed by atoms with Crippen molar-refractivity contribution in [1.29, 1.82) is 0 Å². The molecule has 150 valence electrons. The quantitative estimate of drug-likeness (QED) is 0.210. The second-order valence-corrected chi connectivity index (χ2v) is 7.39. The van der Waals surface area contributed by atoms with Crippen molar-refractivity contribution < 1.29 is 14.6 Å². The fourth-order valence-electron chi connectivity index (χ4n) is 3.09. The van der Waals surface area contributed by atoms with Gasteiger partial charge in [-0.15, -0.1) is 0 Å². The highest BCUT2D eigenvalue weighted by atomic mass is 16.5. The van der Waals surface area contributed by atoms with Crippen LogP contribution in [0.2, 0.25) is 0 Å². The number of carbonyl (C=O) groups excluding carboxylic acids is 1. The Labute approximate surface area is 156 Å². The lowest BCUT2D eigenvalue weighted by Crippen LogP contribution is -2.22. The zero-order valence-corrected chi connectivity index (χ0v) is 17.1. The van der Waals surface area contributed by atoms with E-state index < -0.39 is 12.1 Å². The summed E-state index contributed by atoms with van der Waals surface area (Å²) in [5.74, 6) is -0.469. The lowest BCUT2D eigenvalue weighted by atomic mass is 10.0. The number of hydrogen-bond acceptors (Lipinski definition) is 3. The SMILES string of the molecule is CCCCCCCCCCCCCCCCCCOC(=O)C(O)CC. The fourth-order valence-corrected chi connectivity index (χ4v) is 3.09. The molecule has 25 heavy (non-hydrogen) atoms. The smallest absolute Gasteiger partial charge is 0.334 e. The van der Waals surface area contributed by atoms with Gasteiger partial charge in [0.15, 0.2) is 6.10 Å². The molecule has 0 aromatic rings. The summed E-state index contributed by atoms with van der Waals surface area (Å²) < 4.78 is 5.02. The molecule has 0 aliphatic heterocycles. The van der Waals surface area contributed by atoms with Gasteiger partial charge in [-0.2, -0.15) is 0 Å². The van der Waals surface area contributed by atoms with Crippen molar-refractivity contribution in [2.75, 3.05) is 6.61 Å². The molecular formula is C22H44O3. The Kier molecular flexibility index (Phi) is 19.3. The van der Waals surface area contributed by atoms with Gasteiger partial charge in [0.25, 0.3) is 0 Å². The van der Waals surface area contributed by atoms with Crippen molar-refractivity contribution >= 4 is 5.97 Å². The summed E-state index contributed by atoms with van der Waals surface area (Å²) in [4.78, 5) is 11.3. The minimum absolute atomic E-state index is 0.428. The van der Waals surface area contributed by atoms with Crippen molar-refractivity contribution in [2.45, 2.75) is 129 Å². The van der Waals surface area contributed by atoms with E-state index in [4.69, 9.17) is 4.74 Å². The predicted octanol–water partition coefficient (Wildman–Crippen LogP) is 6.56. The first-order valence-electron chi connectivity index (χ1n) is 11.1. The van der Waals surface area contributed by atoms with E-state index in [9.17, 15) is 9.90 Å². The van der Waals surface area contributed by atoms with Crippen LogP contribution in [0.4, 0.5) is 0 Å². The molecule has 3 nitrogen and oxygen atoms in total. The van der Waals surface area contributed by atoms with E-state index in [0.717, 1.165) is 12.8 Å². The van der Waals surface area contributed by atoms with E-state index in [2.05, 4.69) is 6.92 Å². The van der Waals surface area contributed by atoms with E-state index in [1.54, 1.807) is 6.92 Å². The number of aliphatic hydroxyl groups excluding tert-OH is 1. The number of esters is 1. The Morgan fingerprint density at radius 3 is 1.40 bits per heavy atom. The first kappa shape index (κ1) is 24.4. The summed E-state index contributed by atoms with van der Waals surface area (Å²) in [5.41, 5.74) is 0. The molecule has 1 N–H and O–H groups in total. The second kappa shape index (κ2) is 19.8. The average molecular weight is 357 g/mol. The summed E-state index contributed by atoms with van der Waals surface area (Å²) in [6.45, 7) is 4.51. The maximum absolute atomic E-state index is 11.3. The molecule has 0 saturated carbocycles. The predicted molar refractivity (Wildman–Crippen MR) is 107 cm³/mol. The van der Waals surface area contributed by atoms with Crippen molar-refractivity contribution in [3.63, 3.8) is 0 Å². The maximum Gasteiger partial charge on any atom is 0.334 e. The van der Waals surface area contributed by atoms with Crippen LogP contribution in [0.1, 0.15) is 123 Å². The molecule has 0 radical (unpaired) electrons. The third kappa shape index (κ3) is 18.0. The third-order valence-corrected chi connectivity index (χ3v) is 4.90. The van der Waals surface area contributed by atoms with Gasteiger partial charge in [-0.25, -0.2) is 4.79 Å². The van der Waals surface area contributed by atoms with E-state index in [0.29, 0.717) is 13.0 Å². The van der Waals surface area contributed by atoms with E-state index in [1.165, 1.54) is 89.9 Å². The summed E-state index contributed by atoms with van der Waals surface area (Å²) in [6, 6.07) is 0. The number of ether oxygens (including phenoxy) is 1. The minimum Gasteiger partial charge on any atom is -0.464 e. The fraction of sp³-hybridized carbons (Fsp3) is 0.955. The Bertz CT molecular complexity index is 278. The highest BCUT2D eigenvalue weighted by molar-refractivity contribution is 5.74. The first-order chi connectivity index (χ1) is 12.2. The molecule has 1 atom stereocenters. The third-order valence-electron chi connectivity index (χ3n) is 4.90. The number of aliphatic hydroxyl groups is 1. The van der Waals surface area contributed by atoms with Gasteiger partial charge in [0.05, 0.1) is 6.61 Å². The Balaban J connectivity index is 3.08. The van der Waals surface area contributed by atoms with Gasteiger partial charge in [-0.1, -0.05) is 110 Å². The number of rotatable bonds is 19. The van der Waals surface area contributed by atoms with Gasteiger partial charge in [0, 0.05) is 0 Å². The molecule has 0 saturated heterocycles. The number of hydrogen-bond donors (Lipinski definition) is 1. The van der Waals surface area contributed by atoms with Crippen LogP contribution in [0.3, 0.4) is 0 Å². The lowest BCUT2D eigenvalue weighted by Gasteiger charge is -2.08. The van der Waals surface area contributed by atoms with Gasteiger partial charge in [0.2, 0.25) is 0 Å². The second-order valence-electron chi connectivity index (χ2n) is 7.39. The molecule has 0 aliphatic rings. The molecule has 3 heteroatoms. The van der Waals surface area contributed by atoms with Crippen LogP contribution in [0.25, 0.3) is 0 Å². The zero-order chi connectivity index (χ0) is 18.6. The van der Waals surface area contributed by atoms with Crippen molar-refractivity contribution in [1.82, 2.24) is 0 Å². The molecule has 0 heterocycles. The molecular weight excluding hydrogens is 312 g/mol. The highest BCUT2D eigenvalue weighted by Gasteiger charge is 2.12. The number of carbonyl (C=O) groups is 1. The molecule has 0 aliphatic carbocycles.